The van der Waals surface area contributed by atoms with Crippen LogP contribution in [0.3, 0.4) is 0 Å². The lowest BCUT2D eigenvalue weighted by Gasteiger charge is -2.18. The summed E-state index contributed by atoms with van der Waals surface area (Å²) in [5.41, 5.74) is 0.720. The number of carbonyl (C=O) groups is 2. The number of hydrogen-bond acceptors (Lipinski definition) is 5. The number of anilines is 1. The fourth-order valence-corrected chi connectivity index (χ4v) is 2.37. The molecule has 0 fully saturated rings. The zero-order valence-electron chi connectivity index (χ0n) is 13.8. The number of benzene rings is 2. The third kappa shape index (κ3) is 3.57. The van der Waals surface area contributed by atoms with Crippen LogP contribution in [0.15, 0.2) is 36.4 Å². The third-order valence-electron chi connectivity index (χ3n) is 3.67. The van der Waals surface area contributed by atoms with Crippen LogP contribution < -0.4 is 9.64 Å². The van der Waals surface area contributed by atoms with Gasteiger partial charge in [0.05, 0.1) is 12.0 Å². The molecular formula is C17H16N2O6. The van der Waals surface area contributed by atoms with E-state index in [9.17, 15) is 19.7 Å². The smallest absolute Gasteiger partial charge is 0.339 e. The minimum absolute atomic E-state index is 0.0326. The molecule has 25 heavy (non-hydrogen) atoms. The Hall–Kier alpha value is -3.42. The number of nitrogens with zero attached hydrogens (tertiary/aromatic N) is 2. The van der Waals surface area contributed by atoms with Gasteiger partial charge in [-0.3, -0.25) is 14.9 Å². The molecule has 0 bridgehead atoms. The first-order valence-corrected chi connectivity index (χ1v) is 7.20. The molecule has 0 saturated heterocycles. The highest BCUT2D eigenvalue weighted by molar-refractivity contribution is 6.07. The molecule has 0 aliphatic rings. The number of rotatable bonds is 5. The molecule has 2 rings (SSSR count). The third-order valence-corrected chi connectivity index (χ3v) is 3.67. The van der Waals surface area contributed by atoms with Crippen LogP contribution in [0.4, 0.5) is 11.4 Å². The molecule has 0 spiro atoms. The highest BCUT2D eigenvalue weighted by Gasteiger charge is 2.23. The van der Waals surface area contributed by atoms with Crippen LogP contribution in [0.5, 0.6) is 5.75 Å². The number of amides is 1. The van der Waals surface area contributed by atoms with Crippen LogP contribution in [0, 0.1) is 17.0 Å². The van der Waals surface area contributed by atoms with Crippen LogP contribution >= 0.6 is 0 Å². The lowest BCUT2D eigenvalue weighted by atomic mass is 10.1. The molecule has 8 nitrogen and oxygen atoms in total. The second kappa shape index (κ2) is 7.00. The van der Waals surface area contributed by atoms with Crippen molar-refractivity contribution in [3.63, 3.8) is 0 Å². The summed E-state index contributed by atoms with van der Waals surface area (Å²) in [6, 6.07) is 8.43. The summed E-state index contributed by atoms with van der Waals surface area (Å²) in [6.07, 6.45) is 0. The Morgan fingerprint density at radius 3 is 2.44 bits per heavy atom. The van der Waals surface area contributed by atoms with Crippen LogP contribution in [0.2, 0.25) is 0 Å². The number of carboxylic acids is 1. The number of nitro groups is 1. The average molecular weight is 344 g/mol. The van der Waals surface area contributed by atoms with Gasteiger partial charge in [0.1, 0.15) is 17.0 Å². The minimum atomic E-state index is -1.18. The average Bonchev–Trinajstić information content (AvgIpc) is 2.59. The molecule has 1 N–H and O–H groups in total. The highest BCUT2D eigenvalue weighted by atomic mass is 16.6. The van der Waals surface area contributed by atoms with Gasteiger partial charge in [0.2, 0.25) is 0 Å². The van der Waals surface area contributed by atoms with E-state index in [1.165, 1.54) is 44.5 Å². The lowest BCUT2D eigenvalue weighted by Crippen LogP contribution is -2.27. The summed E-state index contributed by atoms with van der Waals surface area (Å²) in [5, 5.41) is 20.3. The SMILES string of the molecule is COc1cc(C(=O)N(C)c2ccc(C)cc2[N+](=O)[O-])ccc1C(=O)O. The summed E-state index contributed by atoms with van der Waals surface area (Å²) in [7, 11) is 2.71. The van der Waals surface area contributed by atoms with Crippen molar-refractivity contribution in [2.45, 2.75) is 6.92 Å². The van der Waals surface area contributed by atoms with E-state index in [2.05, 4.69) is 0 Å². The standard InChI is InChI=1S/C17H16N2O6/c1-10-4-7-13(14(8-10)19(23)24)18(2)16(20)11-5-6-12(17(21)22)15(9-11)25-3/h4-9H,1-3H3,(H,21,22). The van der Waals surface area contributed by atoms with Gasteiger partial charge in [0.15, 0.2) is 0 Å². The predicted octanol–water partition coefficient (Wildman–Crippen LogP) is 2.89. The Bertz CT molecular complexity index is 862. The molecular weight excluding hydrogens is 328 g/mol. The second-order valence-electron chi connectivity index (χ2n) is 5.33. The molecule has 0 unspecified atom stereocenters. The van der Waals surface area contributed by atoms with E-state index >= 15 is 0 Å². The van der Waals surface area contributed by atoms with Gasteiger partial charge >= 0.3 is 5.97 Å². The van der Waals surface area contributed by atoms with Crippen molar-refractivity contribution in [3.8, 4) is 5.75 Å². The molecule has 2 aromatic carbocycles. The maximum absolute atomic E-state index is 12.7. The van der Waals surface area contributed by atoms with E-state index in [4.69, 9.17) is 9.84 Å². The van der Waals surface area contributed by atoms with Crippen molar-refractivity contribution in [2.24, 2.45) is 0 Å². The van der Waals surface area contributed by atoms with Crippen LogP contribution in [0.1, 0.15) is 26.3 Å². The van der Waals surface area contributed by atoms with E-state index in [-0.39, 0.29) is 28.3 Å². The monoisotopic (exact) mass is 344 g/mol. The van der Waals surface area contributed by atoms with Crippen LogP contribution in [-0.2, 0) is 0 Å². The molecule has 130 valence electrons. The normalized spacial score (nSPS) is 10.2. The number of aromatic carboxylic acids is 1. The van der Waals surface area contributed by atoms with Gasteiger partial charge in [-0.2, -0.15) is 0 Å². The second-order valence-corrected chi connectivity index (χ2v) is 5.33. The van der Waals surface area contributed by atoms with E-state index in [1.807, 2.05) is 0 Å². The van der Waals surface area contributed by atoms with Gasteiger partial charge in [0, 0.05) is 18.7 Å². The van der Waals surface area contributed by atoms with Crippen LogP contribution in [-0.4, -0.2) is 36.1 Å². The van der Waals surface area contributed by atoms with Crippen molar-refractivity contribution in [2.75, 3.05) is 19.1 Å². The number of ether oxygens (including phenoxy) is 1. The molecule has 0 radical (unpaired) electrons. The molecule has 8 heteroatoms. The number of methoxy groups -OCH3 is 1. The van der Waals surface area contributed by atoms with E-state index in [0.29, 0.717) is 5.56 Å². The highest BCUT2D eigenvalue weighted by Crippen LogP contribution is 2.30. The van der Waals surface area contributed by atoms with Crippen molar-refractivity contribution in [3.05, 3.63) is 63.2 Å². The molecule has 0 saturated carbocycles. The Balaban J connectivity index is 2.45. The number of aryl methyl sites for hydroxylation is 1. The molecule has 1 amide bonds. The number of nitro benzene ring substituents is 1. The van der Waals surface area contributed by atoms with E-state index in [1.54, 1.807) is 13.0 Å². The van der Waals surface area contributed by atoms with Crippen molar-refractivity contribution >= 4 is 23.3 Å². The molecule has 0 aromatic heterocycles. The minimum Gasteiger partial charge on any atom is -0.496 e. The molecule has 2 aromatic rings. The zero-order chi connectivity index (χ0) is 18.7. The molecule has 0 atom stereocenters. The first-order valence-electron chi connectivity index (χ1n) is 7.20. The molecule has 0 heterocycles. The van der Waals surface area contributed by atoms with Crippen LogP contribution in [0.25, 0.3) is 0 Å². The maximum Gasteiger partial charge on any atom is 0.339 e. The first kappa shape index (κ1) is 17.9. The molecule has 0 aliphatic heterocycles. The van der Waals surface area contributed by atoms with Crippen molar-refractivity contribution in [1.29, 1.82) is 0 Å². The fraction of sp³-hybridized carbons (Fsp3) is 0.176. The fourth-order valence-electron chi connectivity index (χ4n) is 2.37. The summed E-state index contributed by atoms with van der Waals surface area (Å²) in [5.74, 6) is -1.68. The summed E-state index contributed by atoms with van der Waals surface area (Å²) < 4.78 is 5.00. The summed E-state index contributed by atoms with van der Waals surface area (Å²) in [6.45, 7) is 1.72. The Morgan fingerprint density at radius 2 is 1.88 bits per heavy atom. The van der Waals surface area contributed by atoms with Gasteiger partial charge in [-0.1, -0.05) is 6.07 Å². The number of carboxylic acid groups (broad SMARTS) is 1. The van der Waals surface area contributed by atoms with Gasteiger partial charge in [-0.15, -0.1) is 0 Å². The quantitative estimate of drug-likeness (QED) is 0.659. The number of carbonyl (C=O) groups excluding carboxylic acids is 1. The predicted molar refractivity (Wildman–Crippen MR) is 90.5 cm³/mol. The maximum atomic E-state index is 12.7. The topological polar surface area (TPSA) is 110 Å². The number of hydrogen-bond donors (Lipinski definition) is 1. The Kier molecular flexibility index (Phi) is 5.02. The largest absolute Gasteiger partial charge is 0.496 e. The van der Waals surface area contributed by atoms with E-state index < -0.39 is 16.8 Å². The van der Waals surface area contributed by atoms with Gasteiger partial charge in [0.25, 0.3) is 11.6 Å². The van der Waals surface area contributed by atoms with Crippen molar-refractivity contribution in [1.82, 2.24) is 0 Å². The zero-order valence-corrected chi connectivity index (χ0v) is 13.8. The van der Waals surface area contributed by atoms with Gasteiger partial charge < -0.3 is 14.7 Å². The van der Waals surface area contributed by atoms with Gasteiger partial charge in [-0.25, -0.2) is 4.79 Å². The molecule has 0 aliphatic carbocycles. The van der Waals surface area contributed by atoms with Gasteiger partial charge in [-0.05, 0) is 36.8 Å². The lowest BCUT2D eigenvalue weighted by molar-refractivity contribution is -0.384. The van der Waals surface area contributed by atoms with E-state index in [0.717, 1.165) is 4.90 Å². The Morgan fingerprint density at radius 1 is 1.20 bits per heavy atom. The summed E-state index contributed by atoms with van der Waals surface area (Å²) >= 11 is 0. The first-order chi connectivity index (χ1) is 11.8. The summed E-state index contributed by atoms with van der Waals surface area (Å²) in [4.78, 5) is 35.6. The van der Waals surface area contributed by atoms with Crippen molar-refractivity contribution < 1.29 is 24.4 Å². The Labute approximate surface area is 143 Å².